The molecule has 418 valence electrons. The van der Waals surface area contributed by atoms with E-state index in [1.807, 2.05) is 22.7 Å². The average Bonchev–Trinajstić information content (AvgIpc) is 0.740. The van der Waals surface area contributed by atoms with Gasteiger partial charge in [0.15, 0.2) is 0 Å². The molecule has 0 bridgehead atoms. The van der Waals surface area contributed by atoms with Crippen LogP contribution in [0.5, 0.6) is 0 Å². The Bertz CT molecular complexity index is 5650. The van der Waals surface area contributed by atoms with Gasteiger partial charge in [0, 0.05) is 90.6 Å². The summed E-state index contributed by atoms with van der Waals surface area (Å²) in [6.07, 6.45) is 0. The lowest BCUT2D eigenvalue weighted by Gasteiger charge is -2.45. The summed E-state index contributed by atoms with van der Waals surface area (Å²) in [7, 11) is 0. The highest BCUT2D eigenvalue weighted by molar-refractivity contribution is 7.26. The number of para-hydroxylation sites is 4. The number of anilines is 6. The van der Waals surface area contributed by atoms with Crippen LogP contribution in [0.2, 0.25) is 0 Å². The molecule has 14 aromatic carbocycles. The highest BCUT2D eigenvalue weighted by atomic mass is 32.1. The van der Waals surface area contributed by atoms with Crippen LogP contribution in [0.1, 0.15) is 0 Å². The normalized spacial score (nSPS) is 12.6. The quantitative estimate of drug-likeness (QED) is 0.141. The first-order valence-corrected chi connectivity index (χ1v) is 32.6. The lowest BCUT2D eigenvalue weighted by Crippen LogP contribution is -2.61. The average molecular weight is 1180 g/mol. The van der Waals surface area contributed by atoms with E-state index < -0.39 is 0 Å². The Kier molecular flexibility index (Phi) is 11.5. The summed E-state index contributed by atoms with van der Waals surface area (Å²) in [5.41, 5.74) is 25.7. The maximum atomic E-state index is 2.67. The summed E-state index contributed by atoms with van der Waals surface area (Å²) in [6, 6.07) is 118. The second kappa shape index (κ2) is 20.3. The van der Waals surface area contributed by atoms with E-state index in [9.17, 15) is 0 Å². The molecule has 2 aliphatic heterocycles. The van der Waals surface area contributed by atoms with E-state index in [2.05, 4.69) is 330 Å². The van der Waals surface area contributed by atoms with Gasteiger partial charge in [0.2, 0.25) is 0 Å². The van der Waals surface area contributed by atoms with Crippen molar-refractivity contribution in [1.29, 1.82) is 0 Å². The Morgan fingerprint density at radius 1 is 0.256 bits per heavy atom. The zero-order valence-electron chi connectivity index (χ0n) is 48.8. The molecule has 6 heteroatoms. The Hall–Kier alpha value is -11.0. The molecular weight excluding hydrogens is 1130 g/mol. The van der Waals surface area contributed by atoms with Crippen LogP contribution in [0.4, 0.5) is 34.1 Å². The number of hydrogen-bond acceptors (Lipinski definition) is 4. The van der Waals surface area contributed by atoms with Gasteiger partial charge in [-0.3, -0.25) is 0 Å². The lowest BCUT2D eigenvalue weighted by molar-refractivity contribution is 1.16. The van der Waals surface area contributed by atoms with Crippen LogP contribution >= 0.6 is 22.7 Å². The largest absolute Gasteiger partial charge is 0.311 e. The first-order chi connectivity index (χ1) is 44.7. The molecule has 0 spiro atoms. The van der Waals surface area contributed by atoms with Gasteiger partial charge in [0.05, 0.1) is 28.1 Å². The fourth-order valence-electron chi connectivity index (χ4n) is 15.2. The van der Waals surface area contributed by atoms with Gasteiger partial charge in [-0.2, -0.15) is 0 Å². The molecule has 17 aromatic rings. The highest BCUT2D eigenvalue weighted by Crippen LogP contribution is 2.53. The first kappa shape index (κ1) is 51.1. The molecule has 0 amide bonds. The third-order valence-corrected chi connectivity index (χ3v) is 21.2. The summed E-state index contributed by atoms with van der Waals surface area (Å²) >= 11 is 3.76. The van der Waals surface area contributed by atoms with Gasteiger partial charge >= 0.3 is 0 Å². The molecule has 19 rings (SSSR count). The van der Waals surface area contributed by atoms with Gasteiger partial charge in [-0.15, -0.1) is 22.7 Å². The number of rotatable bonds is 8. The van der Waals surface area contributed by atoms with Crippen molar-refractivity contribution in [3.63, 3.8) is 0 Å². The molecule has 0 aliphatic carbocycles. The number of nitrogens with zero attached hydrogens (tertiary/aromatic N) is 3. The standard InChI is InChI=1S/C84H52BN3S2/c1-4-23-53(24-5-1)59-29-10-15-38-70(59)87-73-47-45-56(60-34-21-43-79-81(60)66-32-13-18-41-77(66)89-79)49-68(73)85-69-50-57(61-35-22-44-80-82(61)67-33-14-19-42-78(67)90-80)46-48-74(69)88(84-62(54-25-6-2-7-26-54)36-20-37-63(84)55-27-8-3-9-28-55)76-52-58(51-75(87)83(76)85)86-71-39-16-11-30-64(71)65-31-12-17-40-72(65)86/h1-52H. The maximum absolute atomic E-state index is 2.67. The van der Waals surface area contributed by atoms with Gasteiger partial charge in [0.1, 0.15) is 0 Å². The van der Waals surface area contributed by atoms with Crippen LogP contribution in [0.3, 0.4) is 0 Å². The zero-order valence-corrected chi connectivity index (χ0v) is 50.4. The van der Waals surface area contributed by atoms with Crippen LogP contribution in [0.25, 0.3) is 123 Å². The number of thiophene rings is 2. The monoisotopic (exact) mass is 1180 g/mol. The Morgan fingerprint density at radius 3 is 1.20 bits per heavy atom. The van der Waals surface area contributed by atoms with Crippen LogP contribution in [-0.2, 0) is 0 Å². The Balaban J connectivity index is 0.994. The Morgan fingerprint density at radius 2 is 0.656 bits per heavy atom. The zero-order chi connectivity index (χ0) is 59.0. The molecule has 0 fully saturated rings. The molecule has 3 aromatic heterocycles. The first-order valence-electron chi connectivity index (χ1n) is 30.9. The summed E-state index contributed by atoms with van der Waals surface area (Å²) in [5, 5.41) is 7.63. The molecule has 5 heterocycles. The second-order valence-electron chi connectivity index (χ2n) is 23.8. The summed E-state index contributed by atoms with van der Waals surface area (Å²) in [6.45, 7) is -0.232. The molecule has 0 radical (unpaired) electrons. The molecule has 0 saturated carbocycles. The smallest absolute Gasteiger partial charge is 0.252 e. The molecule has 2 aliphatic rings. The maximum Gasteiger partial charge on any atom is 0.252 e. The van der Waals surface area contributed by atoms with Crippen LogP contribution in [0.15, 0.2) is 315 Å². The minimum atomic E-state index is -0.232. The van der Waals surface area contributed by atoms with E-state index in [0.717, 1.165) is 84.2 Å². The number of hydrogen-bond donors (Lipinski definition) is 0. The van der Waals surface area contributed by atoms with Crippen molar-refractivity contribution in [2.24, 2.45) is 0 Å². The van der Waals surface area contributed by atoms with E-state index >= 15 is 0 Å². The van der Waals surface area contributed by atoms with E-state index in [4.69, 9.17) is 0 Å². The predicted molar refractivity (Wildman–Crippen MR) is 388 cm³/mol. The van der Waals surface area contributed by atoms with E-state index in [-0.39, 0.29) is 6.71 Å². The van der Waals surface area contributed by atoms with Gasteiger partial charge < -0.3 is 14.4 Å². The van der Waals surface area contributed by atoms with Crippen molar-refractivity contribution in [1.82, 2.24) is 4.57 Å². The number of benzene rings is 14. The molecule has 3 nitrogen and oxygen atoms in total. The molecular formula is C84H52BN3S2. The predicted octanol–water partition coefficient (Wildman–Crippen LogP) is 21.9. The van der Waals surface area contributed by atoms with E-state index in [1.54, 1.807) is 0 Å². The minimum Gasteiger partial charge on any atom is -0.311 e. The fraction of sp³-hybridized carbons (Fsp3) is 0. The fourth-order valence-corrected chi connectivity index (χ4v) is 17.5. The van der Waals surface area contributed by atoms with Crippen molar-refractivity contribution in [3.8, 4) is 61.3 Å². The van der Waals surface area contributed by atoms with Crippen molar-refractivity contribution in [2.45, 2.75) is 0 Å². The van der Waals surface area contributed by atoms with Gasteiger partial charge in [-0.1, -0.05) is 249 Å². The van der Waals surface area contributed by atoms with Crippen LogP contribution in [0, 0.1) is 0 Å². The molecule has 0 unspecified atom stereocenters. The van der Waals surface area contributed by atoms with Crippen molar-refractivity contribution in [2.75, 3.05) is 9.80 Å². The SMILES string of the molecule is c1ccc(-c2ccccc2N2c3ccc(-c4cccc5sc6ccccc6c45)cc3B3c4cc(-c5cccc6sc7ccccc7c56)ccc4N(c4c(-c5ccccc5)cccc4-c4ccccc4)c4cc(-n5c6ccccc6c6ccccc65)cc2c43)cc1. The topological polar surface area (TPSA) is 11.4 Å². The minimum absolute atomic E-state index is 0.232. The summed E-state index contributed by atoms with van der Waals surface area (Å²) < 4.78 is 7.70. The van der Waals surface area contributed by atoms with Gasteiger partial charge in [0.25, 0.3) is 6.71 Å². The molecule has 90 heavy (non-hydrogen) atoms. The van der Waals surface area contributed by atoms with Gasteiger partial charge in [-0.25, -0.2) is 0 Å². The lowest BCUT2D eigenvalue weighted by atomic mass is 9.33. The van der Waals surface area contributed by atoms with E-state index in [0.29, 0.717) is 0 Å². The van der Waals surface area contributed by atoms with Crippen LogP contribution in [-0.4, -0.2) is 11.3 Å². The van der Waals surface area contributed by atoms with E-state index in [1.165, 1.54) is 89.8 Å². The molecule has 0 N–H and O–H groups in total. The number of aromatic nitrogens is 1. The van der Waals surface area contributed by atoms with Crippen molar-refractivity contribution in [3.05, 3.63) is 315 Å². The summed E-state index contributed by atoms with van der Waals surface area (Å²) in [4.78, 5) is 5.30. The molecule has 0 atom stereocenters. The Labute approximate surface area is 529 Å². The van der Waals surface area contributed by atoms with Crippen LogP contribution < -0.4 is 26.2 Å². The summed E-state index contributed by atoms with van der Waals surface area (Å²) in [5.74, 6) is 0. The van der Waals surface area contributed by atoms with Crippen molar-refractivity contribution >= 4 is 142 Å². The van der Waals surface area contributed by atoms with Gasteiger partial charge in [-0.05, 0) is 122 Å². The number of fused-ring (bicyclic) bond motifs is 13. The second-order valence-corrected chi connectivity index (χ2v) is 26.0. The molecule has 0 saturated heterocycles. The highest BCUT2D eigenvalue weighted by Gasteiger charge is 2.45. The third-order valence-electron chi connectivity index (χ3n) is 19.0. The van der Waals surface area contributed by atoms with Crippen molar-refractivity contribution < 1.29 is 0 Å². The third kappa shape index (κ3) is 7.72.